The topological polar surface area (TPSA) is 64.6 Å². The number of benzene rings is 2. The molecule has 5 nitrogen and oxygen atoms in total. The number of ether oxygens (including phenoxy) is 2. The predicted molar refractivity (Wildman–Crippen MR) is 118 cm³/mol. The molecule has 7 heteroatoms. The van der Waals surface area contributed by atoms with Crippen molar-refractivity contribution in [2.45, 2.75) is 19.3 Å². The van der Waals surface area contributed by atoms with Crippen LogP contribution in [0.1, 0.15) is 35.2 Å². The molecule has 1 saturated carbocycles. The van der Waals surface area contributed by atoms with Gasteiger partial charge in [0.05, 0.1) is 13.7 Å². The lowest BCUT2D eigenvalue weighted by Crippen LogP contribution is -2.16. The normalized spacial score (nSPS) is 17.1. The number of halogens is 1. The summed E-state index contributed by atoms with van der Waals surface area (Å²) in [5.41, 5.74) is 2.68. The number of rotatable bonds is 7. The zero-order valence-corrected chi connectivity index (χ0v) is 18.0. The maximum atomic E-state index is 13.3. The van der Waals surface area contributed by atoms with Crippen LogP contribution in [0.3, 0.4) is 0 Å². The van der Waals surface area contributed by atoms with Gasteiger partial charge in [-0.1, -0.05) is 24.3 Å². The maximum Gasteiger partial charge on any atom is 0.341 e. The Balaban J connectivity index is 1.54. The minimum absolute atomic E-state index is 0.126. The van der Waals surface area contributed by atoms with Crippen molar-refractivity contribution in [2.24, 2.45) is 5.92 Å². The summed E-state index contributed by atoms with van der Waals surface area (Å²) < 4.78 is 23.7. The molecule has 2 aromatic carbocycles. The van der Waals surface area contributed by atoms with Crippen LogP contribution in [0.5, 0.6) is 5.75 Å². The minimum atomic E-state index is -0.513. The maximum absolute atomic E-state index is 13.3. The first kappa shape index (κ1) is 21.1. The molecule has 0 bridgehead atoms. The van der Waals surface area contributed by atoms with Gasteiger partial charge in [-0.2, -0.15) is 0 Å². The third-order valence-electron chi connectivity index (χ3n) is 5.33. The monoisotopic (exact) mass is 439 g/mol. The highest BCUT2D eigenvalue weighted by molar-refractivity contribution is 7.15. The van der Waals surface area contributed by atoms with Gasteiger partial charge in [-0.25, -0.2) is 9.18 Å². The van der Waals surface area contributed by atoms with Crippen LogP contribution in [0.4, 0.5) is 9.39 Å². The molecule has 0 saturated heterocycles. The molecule has 0 radical (unpaired) electrons. The summed E-state index contributed by atoms with van der Waals surface area (Å²) in [6, 6.07) is 13.6. The number of hydrogen-bond acceptors (Lipinski definition) is 5. The molecule has 31 heavy (non-hydrogen) atoms. The van der Waals surface area contributed by atoms with E-state index in [-0.39, 0.29) is 30.2 Å². The van der Waals surface area contributed by atoms with Crippen molar-refractivity contribution in [1.82, 2.24) is 0 Å². The van der Waals surface area contributed by atoms with Crippen molar-refractivity contribution in [3.63, 3.8) is 0 Å². The van der Waals surface area contributed by atoms with Gasteiger partial charge in [0, 0.05) is 16.9 Å². The molecular weight excluding hydrogens is 417 g/mol. The van der Waals surface area contributed by atoms with E-state index in [2.05, 4.69) is 5.32 Å². The predicted octanol–water partition coefficient (Wildman–Crippen LogP) is 5.48. The van der Waals surface area contributed by atoms with Crippen LogP contribution in [0.2, 0.25) is 0 Å². The van der Waals surface area contributed by atoms with Crippen LogP contribution in [0, 0.1) is 11.7 Å². The van der Waals surface area contributed by atoms with Crippen molar-refractivity contribution in [2.75, 3.05) is 19.0 Å². The Hall–Kier alpha value is -3.19. The number of anilines is 1. The second-order valence-electron chi connectivity index (χ2n) is 7.29. The summed E-state index contributed by atoms with van der Waals surface area (Å²) in [4.78, 5) is 25.5. The van der Waals surface area contributed by atoms with E-state index in [1.807, 2.05) is 24.3 Å². The van der Waals surface area contributed by atoms with Gasteiger partial charge >= 0.3 is 5.97 Å². The summed E-state index contributed by atoms with van der Waals surface area (Å²) in [6.07, 6.45) is 0.753. The van der Waals surface area contributed by atoms with E-state index in [0.717, 1.165) is 17.7 Å². The lowest BCUT2D eigenvalue weighted by molar-refractivity contribution is -0.117. The largest absolute Gasteiger partial charge is 0.497 e. The Bertz CT molecular complexity index is 1090. The SMILES string of the molecule is CCOC(=O)c1c(-c2ccc(F)cc2)csc1NC(=O)C1CC1c1ccc(OC)cc1. The molecule has 1 fully saturated rings. The zero-order chi connectivity index (χ0) is 22.0. The Morgan fingerprint density at radius 3 is 2.48 bits per heavy atom. The Morgan fingerprint density at radius 2 is 1.84 bits per heavy atom. The van der Waals surface area contributed by atoms with E-state index in [1.54, 1.807) is 31.5 Å². The zero-order valence-electron chi connectivity index (χ0n) is 17.2. The highest BCUT2D eigenvalue weighted by Crippen LogP contribution is 2.49. The van der Waals surface area contributed by atoms with Gasteiger partial charge in [0.15, 0.2) is 0 Å². The van der Waals surface area contributed by atoms with Crippen molar-refractivity contribution in [3.8, 4) is 16.9 Å². The molecule has 1 aliphatic rings. The molecule has 160 valence electrons. The van der Waals surface area contributed by atoms with Crippen LogP contribution in [-0.2, 0) is 9.53 Å². The molecule has 2 atom stereocenters. The fourth-order valence-corrected chi connectivity index (χ4v) is 4.57. The van der Waals surface area contributed by atoms with E-state index in [0.29, 0.717) is 21.7 Å². The van der Waals surface area contributed by atoms with Gasteiger partial charge in [-0.3, -0.25) is 4.79 Å². The van der Waals surface area contributed by atoms with Gasteiger partial charge < -0.3 is 14.8 Å². The highest BCUT2D eigenvalue weighted by Gasteiger charge is 2.44. The average molecular weight is 440 g/mol. The van der Waals surface area contributed by atoms with Crippen LogP contribution < -0.4 is 10.1 Å². The van der Waals surface area contributed by atoms with E-state index in [9.17, 15) is 14.0 Å². The number of hydrogen-bond donors (Lipinski definition) is 1. The van der Waals surface area contributed by atoms with E-state index in [4.69, 9.17) is 9.47 Å². The number of carbonyl (C=O) groups excluding carboxylic acids is 2. The molecule has 1 aromatic heterocycles. The van der Waals surface area contributed by atoms with Gasteiger partial charge in [0.25, 0.3) is 0 Å². The Morgan fingerprint density at radius 1 is 1.13 bits per heavy atom. The van der Waals surface area contributed by atoms with E-state index >= 15 is 0 Å². The molecule has 2 unspecified atom stereocenters. The molecule has 0 aliphatic heterocycles. The molecule has 1 aliphatic carbocycles. The fraction of sp³-hybridized carbons (Fsp3) is 0.250. The summed E-state index contributed by atoms with van der Waals surface area (Å²) in [7, 11) is 1.62. The first-order chi connectivity index (χ1) is 15.0. The van der Waals surface area contributed by atoms with Crippen molar-refractivity contribution in [1.29, 1.82) is 0 Å². The number of thiophene rings is 1. The molecule has 0 spiro atoms. The number of nitrogens with one attached hydrogen (secondary N) is 1. The smallest absolute Gasteiger partial charge is 0.341 e. The van der Waals surface area contributed by atoms with E-state index in [1.165, 1.54) is 23.5 Å². The lowest BCUT2D eigenvalue weighted by Gasteiger charge is -2.09. The average Bonchev–Trinajstić information content (AvgIpc) is 3.48. The van der Waals surface area contributed by atoms with Crippen LogP contribution in [0.25, 0.3) is 11.1 Å². The van der Waals surface area contributed by atoms with Gasteiger partial charge in [0.1, 0.15) is 22.1 Å². The number of methoxy groups -OCH3 is 1. The number of amides is 1. The second kappa shape index (κ2) is 8.89. The van der Waals surface area contributed by atoms with Crippen molar-refractivity contribution >= 4 is 28.2 Å². The highest BCUT2D eigenvalue weighted by atomic mass is 32.1. The van der Waals surface area contributed by atoms with Gasteiger partial charge in [-0.05, 0) is 54.7 Å². The first-order valence-electron chi connectivity index (χ1n) is 10.0. The summed E-state index contributed by atoms with van der Waals surface area (Å²) in [6.45, 7) is 1.94. The third-order valence-corrected chi connectivity index (χ3v) is 6.23. The summed E-state index contributed by atoms with van der Waals surface area (Å²) in [5, 5.41) is 5.14. The lowest BCUT2D eigenvalue weighted by atomic mass is 10.0. The fourth-order valence-electron chi connectivity index (χ4n) is 3.61. The van der Waals surface area contributed by atoms with Crippen LogP contribution >= 0.6 is 11.3 Å². The number of esters is 1. The standard InChI is InChI=1S/C24H22FNO4S/c1-3-30-24(28)21-20(15-4-8-16(25)9-5-15)13-31-23(21)26-22(27)19-12-18(19)14-6-10-17(29-2)11-7-14/h4-11,13,18-19H,3,12H2,1-2H3,(H,26,27). The Labute approximate surface area is 183 Å². The molecule has 1 heterocycles. The summed E-state index contributed by atoms with van der Waals surface area (Å²) >= 11 is 1.26. The molecule has 4 rings (SSSR count). The summed E-state index contributed by atoms with van der Waals surface area (Å²) in [5.74, 6) is -0.229. The third kappa shape index (κ3) is 4.46. The van der Waals surface area contributed by atoms with Gasteiger partial charge in [-0.15, -0.1) is 11.3 Å². The van der Waals surface area contributed by atoms with Crippen molar-refractivity contribution in [3.05, 3.63) is 70.9 Å². The second-order valence-corrected chi connectivity index (χ2v) is 8.17. The van der Waals surface area contributed by atoms with Crippen LogP contribution in [0.15, 0.2) is 53.9 Å². The van der Waals surface area contributed by atoms with Gasteiger partial charge in [0.2, 0.25) is 5.91 Å². The molecule has 1 amide bonds. The molecular formula is C24H22FNO4S. The van der Waals surface area contributed by atoms with Crippen LogP contribution in [-0.4, -0.2) is 25.6 Å². The molecule has 1 N–H and O–H groups in total. The first-order valence-corrected chi connectivity index (χ1v) is 10.9. The van der Waals surface area contributed by atoms with Crippen molar-refractivity contribution < 1.29 is 23.5 Å². The van der Waals surface area contributed by atoms with E-state index < -0.39 is 5.97 Å². The molecule has 3 aromatic rings. The number of carbonyl (C=O) groups is 2. The minimum Gasteiger partial charge on any atom is -0.497 e. The Kier molecular flexibility index (Phi) is 6.04. The quantitative estimate of drug-likeness (QED) is 0.495.